The molecule has 4 rings (SSSR count). The van der Waals surface area contributed by atoms with Gasteiger partial charge in [0.1, 0.15) is 0 Å². The third-order valence-electron chi connectivity index (χ3n) is 5.51. The average molecular weight is 386 g/mol. The number of aryl methyl sites for hydroxylation is 1. The molecule has 4 nitrogen and oxygen atoms in total. The largest absolute Gasteiger partial charge is 0.352 e. The summed E-state index contributed by atoms with van der Waals surface area (Å²) in [5, 5.41) is 3.10. The number of carbonyl (C=O) groups excluding carboxylic acids is 1. The van der Waals surface area contributed by atoms with Crippen LogP contribution in [0.2, 0.25) is 0 Å². The average Bonchev–Trinajstić information content (AvgIpc) is 3.14. The van der Waals surface area contributed by atoms with Crippen LogP contribution >= 0.6 is 0 Å². The van der Waals surface area contributed by atoms with E-state index in [1.807, 2.05) is 12.3 Å². The van der Waals surface area contributed by atoms with Gasteiger partial charge in [0.25, 0.3) is 0 Å². The van der Waals surface area contributed by atoms with Gasteiger partial charge in [-0.1, -0.05) is 54.6 Å². The highest BCUT2D eigenvalue weighted by Crippen LogP contribution is 2.24. The smallest absolute Gasteiger partial charge is 0.220 e. The van der Waals surface area contributed by atoms with Gasteiger partial charge in [-0.15, -0.1) is 0 Å². The van der Waals surface area contributed by atoms with E-state index in [9.17, 15) is 4.79 Å². The Balaban J connectivity index is 1.48. The number of carbonyl (C=O) groups is 1. The molecule has 1 aliphatic heterocycles. The number of nitrogens with zero attached hydrogens (tertiary/aromatic N) is 2. The van der Waals surface area contributed by atoms with Crippen LogP contribution in [0.4, 0.5) is 0 Å². The fourth-order valence-corrected chi connectivity index (χ4v) is 4.01. The highest BCUT2D eigenvalue weighted by molar-refractivity contribution is 5.78. The molecule has 1 N–H and O–H groups in total. The fourth-order valence-electron chi connectivity index (χ4n) is 4.01. The number of aromatic nitrogens is 1. The minimum Gasteiger partial charge on any atom is -0.352 e. The Hall–Kier alpha value is -2.98. The van der Waals surface area contributed by atoms with Gasteiger partial charge in [0, 0.05) is 44.5 Å². The Morgan fingerprint density at radius 3 is 2.48 bits per heavy atom. The summed E-state index contributed by atoms with van der Waals surface area (Å²) in [6.07, 6.45) is 5.27. The number of hydrogen-bond donors (Lipinski definition) is 1. The predicted octanol–water partition coefficient (Wildman–Crippen LogP) is 4.34. The van der Waals surface area contributed by atoms with Gasteiger partial charge in [0.2, 0.25) is 5.91 Å². The Kier molecular flexibility index (Phi) is 6.01. The predicted molar refractivity (Wildman–Crippen MR) is 116 cm³/mol. The van der Waals surface area contributed by atoms with Gasteiger partial charge >= 0.3 is 0 Å². The van der Waals surface area contributed by atoms with E-state index in [4.69, 9.17) is 0 Å². The first-order valence-corrected chi connectivity index (χ1v) is 10.2. The summed E-state index contributed by atoms with van der Waals surface area (Å²) < 4.78 is 0. The molecule has 0 saturated carbocycles. The number of pyridine rings is 1. The van der Waals surface area contributed by atoms with Crippen LogP contribution in [0.3, 0.4) is 0 Å². The fraction of sp³-hybridized carbons (Fsp3) is 0.280. The number of nitrogens with one attached hydrogen (secondary N) is 1. The molecule has 2 aromatic carbocycles. The zero-order valence-electron chi connectivity index (χ0n) is 16.8. The molecule has 148 valence electrons. The van der Waals surface area contributed by atoms with E-state index in [0.717, 1.165) is 26.1 Å². The molecule has 1 saturated heterocycles. The second-order valence-corrected chi connectivity index (χ2v) is 7.85. The molecule has 0 aliphatic carbocycles. The second kappa shape index (κ2) is 9.01. The first-order valence-electron chi connectivity index (χ1n) is 10.2. The van der Waals surface area contributed by atoms with Crippen molar-refractivity contribution in [3.05, 3.63) is 89.7 Å². The van der Waals surface area contributed by atoms with Crippen LogP contribution in [0, 0.1) is 6.92 Å². The minimum atomic E-state index is 0.166. The van der Waals surface area contributed by atoms with Gasteiger partial charge in [-0.3, -0.25) is 14.7 Å². The zero-order valence-corrected chi connectivity index (χ0v) is 16.8. The summed E-state index contributed by atoms with van der Waals surface area (Å²) in [6, 6.07) is 21.6. The van der Waals surface area contributed by atoms with E-state index in [2.05, 4.69) is 76.7 Å². The lowest BCUT2D eigenvalue weighted by Crippen LogP contribution is -2.38. The monoisotopic (exact) mass is 385 g/mol. The van der Waals surface area contributed by atoms with Crippen molar-refractivity contribution in [3.63, 3.8) is 0 Å². The van der Waals surface area contributed by atoms with Crippen molar-refractivity contribution in [2.75, 3.05) is 6.54 Å². The molecule has 1 aromatic heterocycles. The lowest BCUT2D eigenvalue weighted by Gasteiger charge is -2.25. The molecule has 1 fully saturated rings. The van der Waals surface area contributed by atoms with Crippen molar-refractivity contribution >= 4 is 5.91 Å². The van der Waals surface area contributed by atoms with E-state index in [1.165, 1.54) is 27.8 Å². The number of rotatable bonds is 7. The van der Waals surface area contributed by atoms with Gasteiger partial charge < -0.3 is 5.32 Å². The molecule has 0 bridgehead atoms. The molecule has 3 aromatic rings. The van der Waals surface area contributed by atoms with Gasteiger partial charge in [-0.2, -0.15) is 0 Å². The van der Waals surface area contributed by atoms with Crippen LogP contribution < -0.4 is 5.32 Å². The molecule has 29 heavy (non-hydrogen) atoms. The van der Waals surface area contributed by atoms with Crippen molar-refractivity contribution in [2.45, 2.75) is 38.9 Å². The Labute approximate surface area is 172 Å². The summed E-state index contributed by atoms with van der Waals surface area (Å²) in [4.78, 5) is 18.3. The van der Waals surface area contributed by atoms with Gasteiger partial charge in [-0.05, 0) is 47.2 Å². The quantitative estimate of drug-likeness (QED) is 0.658. The highest BCUT2D eigenvalue weighted by atomic mass is 16.1. The third kappa shape index (κ3) is 5.09. The van der Waals surface area contributed by atoms with Crippen molar-refractivity contribution in [3.8, 4) is 11.1 Å². The molecule has 1 aliphatic rings. The van der Waals surface area contributed by atoms with E-state index in [0.29, 0.717) is 6.42 Å². The molecule has 0 spiro atoms. The van der Waals surface area contributed by atoms with Crippen molar-refractivity contribution in [1.82, 2.24) is 15.2 Å². The molecular weight excluding hydrogens is 358 g/mol. The van der Waals surface area contributed by atoms with Gasteiger partial charge in [0.05, 0.1) is 0 Å². The zero-order chi connectivity index (χ0) is 20.1. The maximum absolute atomic E-state index is 11.6. The third-order valence-corrected chi connectivity index (χ3v) is 5.51. The maximum atomic E-state index is 11.6. The number of hydrogen-bond acceptors (Lipinski definition) is 3. The molecule has 1 amide bonds. The van der Waals surface area contributed by atoms with E-state index in [1.54, 1.807) is 6.20 Å². The van der Waals surface area contributed by atoms with E-state index < -0.39 is 0 Å². The van der Waals surface area contributed by atoms with Crippen LogP contribution in [0.5, 0.6) is 0 Å². The summed E-state index contributed by atoms with van der Waals surface area (Å²) in [5.41, 5.74) is 6.27. The molecule has 1 atom stereocenters. The normalized spacial score (nSPS) is 16.2. The lowest BCUT2D eigenvalue weighted by molar-refractivity contribution is -0.119. The highest BCUT2D eigenvalue weighted by Gasteiger charge is 2.23. The van der Waals surface area contributed by atoms with Crippen molar-refractivity contribution < 1.29 is 4.79 Å². The molecule has 0 unspecified atom stereocenters. The first kappa shape index (κ1) is 19.3. The van der Waals surface area contributed by atoms with E-state index >= 15 is 0 Å². The first-order chi connectivity index (χ1) is 14.2. The van der Waals surface area contributed by atoms with E-state index in [-0.39, 0.29) is 11.9 Å². The van der Waals surface area contributed by atoms with Crippen molar-refractivity contribution in [1.29, 1.82) is 0 Å². The van der Waals surface area contributed by atoms with Crippen LogP contribution in [-0.2, 0) is 17.9 Å². The van der Waals surface area contributed by atoms with Crippen LogP contribution in [-0.4, -0.2) is 28.4 Å². The topological polar surface area (TPSA) is 45.2 Å². The second-order valence-electron chi connectivity index (χ2n) is 7.85. The standard InChI is InChI=1S/C25H27N3O/c1-19-5-2-3-7-24(19)22-10-8-20(9-11-22)16-28(17-21-6-4-14-26-15-21)18-23-12-13-25(29)27-23/h2-11,14-15,23H,12-13,16-18H2,1H3,(H,27,29)/t23-/m0/s1. The maximum Gasteiger partial charge on any atom is 0.220 e. The lowest BCUT2D eigenvalue weighted by atomic mass is 9.99. The molecule has 4 heteroatoms. The SMILES string of the molecule is Cc1ccccc1-c1ccc(CN(Cc2cccnc2)C[C@@H]2CCC(=O)N2)cc1. The summed E-state index contributed by atoms with van der Waals surface area (Å²) in [7, 11) is 0. The van der Waals surface area contributed by atoms with Crippen molar-refractivity contribution in [2.24, 2.45) is 0 Å². The van der Waals surface area contributed by atoms with Crippen LogP contribution in [0.1, 0.15) is 29.5 Å². The summed E-state index contributed by atoms with van der Waals surface area (Å²) >= 11 is 0. The Morgan fingerprint density at radius 1 is 1.00 bits per heavy atom. The van der Waals surface area contributed by atoms with Gasteiger partial charge in [-0.25, -0.2) is 0 Å². The molecular formula is C25H27N3O. The molecule has 0 radical (unpaired) electrons. The van der Waals surface area contributed by atoms with Gasteiger partial charge in [0.15, 0.2) is 0 Å². The molecule has 2 heterocycles. The number of benzene rings is 2. The van der Waals surface area contributed by atoms with Crippen LogP contribution in [0.15, 0.2) is 73.1 Å². The Morgan fingerprint density at radius 2 is 1.79 bits per heavy atom. The number of amides is 1. The van der Waals surface area contributed by atoms with Crippen LogP contribution in [0.25, 0.3) is 11.1 Å². The minimum absolute atomic E-state index is 0.166. The summed E-state index contributed by atoms with van der Waals surface area (Å²) in [5.74, 6) is 0.166. The Bertz CT molecular complexity index is 953. The summed E-state index contributed by atoms with van der Waals surface area (Å²) in [6.45, 7) is 4.66.